The van der Waals surface area contributed by atoms with Crippen molar-refractivity contribution in [2.45, 2.75) is 88.8 Å². The van der Waals surface area contributed by atoms with Gasteiger partial charge in [-0.1, -0.05) is 98.7 Å². The Morgan fingerprint density at radius 2 is 1.45 bits per heavy atom. The van der Waals surface area contributed by atoms with Gasteiger partial charge < -0.3 is 0 Å². The fourth-order valence-corrected chi connectivity index (χ4v) is 11.8. The van der Waals surface area contributed by atoms with Gasteiger partial charge in [-0.25, -0.2) is 8.78 Å². The van der Waals surface area contributed by atoms with Crippen molar-refractivity contribution in [1.82, 2.24) is 0 Å². The van der Waals surface area contributed by atoms with Crippen molar-refractivity contribution >= 4 is 13.3 Å². The second-order valence-electron chi connectivity index (χ2n) is 10.2. The maximum absolute atomic E-state index is 13.7. The van der Waals surface area contributed by atoms with Crippen LogP contribution in [0, 0.1) is 23.5 Å². The molecule has 0 unspecified atom stereocenters. The molecule has 1 saturated carbocycles. The quantitative estimate of drug-likeness (QED) is 0.301. The van der Waals surface area contributed by atoms with Crippen LogP contribution in [-0.2, 0) is 0 Å². The van der Waals surface area contributed by atoms with E-state index in [0.29, 0.717) is 5.92 Å². The second-order valence-corrected chi connectivity index (χ2v) is 14.9. The fraction of sp³-hybridized carbons (Fsp3) is 0.571. The van der Waals surface area contributed by atoms with Crippen LogP contribution in [0.5, 0.6) is 0 Å². The van der Waals surface area contributed by atoms with E-state index < -0.39 is 19.7 Å². The smallest absolute Gasteiger partial charge is 0.159 e. The Morgan fingerprint density at radius 3 is 2.10 bits per heavy atom. The van der Waals surface area contributed by atoms with Gasteiger partial charge in [0.1, 0.15) is 0 Å². The van der Waals surface area contributed by atoms with Gasteiger partial charge in [0.2, 0.25) is 0 Å². The zero-order chi connectivity index (χ0) is 21.7. The largest absolute Gasteiger partial charge is 0.204 e. The molecule has 2 aromatic rings. The Morgan fingerprint density at radius 1 is 0.774 bits per heavy atom. The van der Waals surface area contributed by atoms with E-state index in [0.717, 1.165) is 30.2 Å². The average molecular weight is 441 g/mol. The van der Waals surface area contributed by atoms with Gasteiger partial charge in [-0.05, 0) is 61.1 Å². The van der Waals surface area contributed by atoms with E-state index in [-0.39, 0.29) is 0 Å². The number of hydrogen-bond donors (Lipinski definition) is 0. The first-order chi connectivity index (χ1) is 15.1. The summed E-state index contributed by atoms with van der Waals surface area (Å²) in [5, 5.41) is 1.70. The zero-order valence-corrected chi connectivity index (χ0v) is 20.1. The molecule has 0 atom stereocenters. The lowest BCUT2D eigenvalue weighted by Gasteiger charge is -2.43. The van der Waals surface area contributed by atoms with Crippen LogP contribution in [0.3, 0.4) is 0 Å². The molecule has 2 aliphatic rings. The lowest BCUT2D eigenvalue weighted by Crippen LogP contribution is -2.50. The Balaban J connectivity index is 1.35. The highest BCUT2D eigenvalue weighted by Gasteiger charge is 2.40. The van der Waals surface area contributed by atoms with Crippen molar-refractivity contribution in [3.63, 3.8) is 0 Å². The normalized spacial score (nSPS) is 29.1. The maximum Gasteiger partial charge on any atom is 0.159 e. The molecule has 2 aromatic carbocycles. The summed E-state index contributed by atoms with van der Waals surface area (Å²) >= 11 is 0. The van der Waals surface area contributed by atoms with Gasteiger partial charge in [0.05, 0.1) is 8.07 Å². The van der Waals surface area contributed by atoms with Crippen molar-refractivity contribution < 1.29 is 8.78 Å². The van der Waals surface area contributed by atoms with Crippen LogP contribution in [0.4, 0.5) is 8.78 Å². The molecule has 0 amide bonds. The molecule has 4 rings (SSSR count). The molecule has 1 aliphatic carbocycles. The summed E-state index contributed by atoms with van der Waals surface area (Å²) in [4.78, 5) is 0. The SMILES string of the molecule is CCCCC[Si]1(c2ccccc2)CCC([C@H]2CC[C@H](c3ccc(F)c(F)c3)CC2)CC1. The molecule has 0 nitrogen and oxygen atoms in total. The van der Waals surface area contributed by atoms with E-state index in [2.05, 4.69) is 37.3 Å². The minimum absolute atomic E-state index is 0.404. The van der Waals surface area contributed by atoms with Gasteiger partial charge in [0, 0.05) is 0 Å². The Bertz CT molecular complexity index is 818. The number of rotatable bonds is 7. The first kappa shape index (κ1) is 22.7. The molecule has 31 heavy (non-hydrogen) atoms. The maximum atomic E-state index is 13.7. The third-order valence-corrected chi connectivity index (χ3v) is 13.8. The van der Waals surface area contributed by atoms with Gasteiger partial charge in [-0.2, -0.15) is 0 Å². The van der Waals surface area contributed by atoms with Gasteiger partial charge in [-0.3, -0.25) is 0 Å². The molecule has 0 spiro atoms. The third kappa shape index (κ3) is 5.30. The van der Waals surface area contributed by atoms with Crippen molar-refractivity contribution in [3.8, 4) is 0 Å². The van der Waals surface area contributed by atoms with Gasteiger partial charge in [-0.15, -0.1) is 0 Å². The molecule has 1 aliphatic heterocycles. The molecule has 168 valence electrons. The monoisotopic (exact) mass is 440 g/mol. The minimum atomic E-state index is -1.36. The highest BCUT2D eigenvalue weighted by atomic mass is 28.3. The molecular weight excluding hydrogens is 402 g/mol. The number of halogens is 2. The molecular formula is C28H38F2Si. The molecule has 0 radical (unpaired) electrons. The molecule has 1 heterocycles. The van der Waals surface area contributed by atoms with Crippen molar-refractivity contribution in [1.29, 1.82) is 0 Å². The molecule has 0 aromatic heterocycles. The summed E-state index contributed by atoms with van der Waals surface area (Å²) in [5.41, 5.74) is 0.993. The van der Waals surface area contributed by atoms with Crippen LogP contribution in [0.1, 0.15) is 76.2 Å². The minimum Gasteiger partial charge on any atom is -0.204 e. The van der Waals surface area contributed by atoms with E-state index in [4.69, 9.17) is 0 Å². The molecule has 1 saturated heterocycles. The molecule has 0 bridgehead atoms. The van der Waals surface area contributed by atoms with Crippen molar-refractivity contribution in [3.05, 3.63) is 65.7 Å². The van der Waals surface area contributed by atoms with Crippen LogP contribution < -0.4 is 5.19 Å². The summed E-state index contributed by atoms with van der Waals surface area (Å²) < 4.78 is 26.9. The van der Waals surface area contributed by atoms with Gasteiger partial charge in [0.25, 0.3) is 0 Å². The third-order valence-electron chi connectivity index (χ3n) is 8.49. The van der Waals surface area contributed by atoms with Crippen LogP contribution in [0.15, 0.2) is 48.5 Å². The predicted molar refractivity (Wildman–Crippen MR) is 130 cm³/mol. The topological polar surface area (TPSA) is 0 Å². The van der Waals surface area contributed by atoms with E-state index in [1.807, 2.05) is 0 Å². The van der Waals surface area contributed by atoms with E-state index in [1.165, 1.54) is 75.2 Å². The van der Waals surface area contributed by atoms with Crippen LogP contribution in [0.2, 0.25) is 18.1 Å². The zero-order valence-electron chi connectivity index (χ0n) is 19.1. The summed E-state index contributed by atoms with van der Waals surface area (Å²) in [6.45, 7) is 2.31. The fourth-order valence-electron chi connectivity index (χ4n) is 6.54. The van der Waals surface area contributed by atoms with Crippen molar-refractivity contribution in [2.75, 3.05) is 0 Å². The lowest BCUT2D eigenvalue weighted by atomic mass is 9.72. The van der Waals surface area contributed by atoms with E-state index >= 15 is 0 Å². The summed E-state index contributed by atoms with van der Waals surface area (Å²) in [7, 11) is -1.36. The Kier molecular flexibility index (Phi) is 7.63. The average Bonchev–Trinajstić information content (AvgIpc) is 2.82. The summed E-state index contributed by atoms with van der Waals surface area (Å²) in [5.74, 6) is 0.685. The van der Waals surface area contributed by atoms with Gasteiger partial charge >= 0.3 is 0 Å². The number of unbranched alkanes of at least 4 members (excludes halogenated alkanes) is 2. The van der Waals surface area contributed by atoms with Crippen molar-refractivity contribution in [2.24, 2.45) is 11.8 Å². The summed E-state index contributed by atoms with van der Waals surface area (Å²) in [6, 6.07) is 20.4. The summed E-state index contributed by atoms with van der Waals surface area (Å²) in [6.07, 6.45) is 11.7. The van der Waals surface area contributed by atoms with Gasteiger partial charge in [0.15, 0.2) is 11.6 Å². The second kappa shape index (κ2) is 10.4. The predicted octanol–water partition coefficient (Wildman–Crippen LogP) is 8.19. The standard InChI is InChI=1S/C28H38F2Si/c1-2-3-7-18-31(26-8-5-4-6-9-26)19-16-24(17-20-31)22-10-12-23(13-11-22)25-14-15-27(29)28(30)21-25/h4-6,8-9,14-15,21-24H,2-3,7,10-13,16-20H2,1H3/t22-,23-,24?,31?. The van der Waals surface area contributed by atoms with Crippen LogP contribution in [0.25, 0.3) is 0 Å². The van der Waals surface area contributed by atoms with Crippen LogP contribution >= 0.6 is 0 Å². The molecule has 0 N–H and O–H groups in total. The Labute approximate surface area is 188 Å². The molecule has 3 heteroatoms. The number of benzene rings is 2. The van der Waals surface area contributed by atoms with E-state index in [1.54, 1.807) is 11.3 Å². The Hall–Kier alpha value is -1.48. The first-order valence-corrected chi connectivity index (χ1v) is 15.2. The highest BCUT2D eigenvalue weighted by Crippen LogP contribution is 2.46. The molecule has 2 fully saturated rings. The van der Waals surface area contributed by atoms with E-state index in [9.17, 15) is 8.78 Å². The van der Waals surface area contributed by atoms with Crippen LogP contribution in [-0.4, -0.2) is 8.07 Å². The number of hydrogen-bond acceptors (Lipinski definition) is 0. The lowest BCUT2D eigenvalue weighted by molar-refractivity contribution is 0.215. The highest BCUT2D eigenvalue weighted by molar-refractivity contribution is 6.92. The first-order valence-electron chi connectivity index (χ1n) is 12.6.